The summed E-state index contributed by atoms with van der Waals surface area (Å²) in [6.07, 6.45) is 0. The molecular weight excluding hydrogens is 386 g/mol. The highest BCUT2D eigenvalue weighted by molar-refractivity contribution is 6.16. The minimum absolute atomic E-state index is 0.0137. The van der Waals surface area contributed by atoms with E-state index in [1.54, 1.807) is 0 Å². The number of nitrogens with zero attached hydrogens (tertiary/aromatic N) is 1. The summed E-state index contributed by atoms with van der Waals surface area (Å²) in [5, 5.41) is 5.17. The van der Waals surface area contributed by atoms with Crippen LogP contribution in [0.5, 0.6) is 0 Å². The molecule has 0 unspecified atom stereocenters. The number of aromatic nitrogens is 1. The molecule has 1 aliphatic rings. The predicted molar refractivity (Wildman–Crippen MR) is 136 cm³/mol. The Morgan fingerprint density at radius 3 is 2.19 bits per heavy atom. The van der Waals surface area contributed by atoms with Gasteiger partial charge in [-0.3, -0.25) is 0 Å². The molecule has 0 N–H and O–H groups in total. The van der Waals surface area contributed by atoms with E-state index in [0.29, 0.717) is 0 Å². The summed E-state index contributed by atoms with van der Waals surface area (Å²) in [4.78, 5) is 0. The second-order valence-electron chi connectivity index (χ2n) is 9.41. The fourth-order valence-corrected chi connectivity index (χ4v) is 5.90. The Labute approximate surface area is 187 Å². The van der Waals surface area contributed by atoms with Gasteiger partial charge in [0.25, 0.3) is 0 Å². The van der Waals surface area contributed by atoms with E-state index in [4.69, 9.17) is 0 Å². The molecule has 0 fully saturated rings. The summed E-state index contributed by atoms with van der Waals surface area (Å²) < 4.78 is 2.50. The molecule has 0 saturated carbocycles. The fourth-order valence-electron chi connectivity index (χ4n) is 5.90. The lowest BCUT2D eigenvalue weighted by molar-refractivity contribution is 0.661. The summed E-state index contributed by atoms with van der Waals surface area (Å²) in [6, 6.07) is 37.8. The van der Waals surface area contributed by atoms with Crippen LogP contribution in [0, 0.1) is 0 Å². The van der Waals surface area contributed by atoms with Gasteiger partial charge in [0.2, 0.25) is 0 Å². The van der Waals surface area contributed by atoms with E-state index in [1.807, 2.05) is 0 Å². The second kappa shape index (κ2) is 6.11. The van der Waals surface area contributed by atoms with Crippen molar-refractivity contribution in [3.8, 4) is 16.8 Å². The van der Waals surface area contributed by atoms with E-state index in [9.17, 15) is 0 Å². The molecule has 152 valence electrons. The number of para-hydroxylation sites is 1. The summed E-state index contributed by atoms with van der Waals surface area (Å²) in [6.45, 7) is 4.71. The maximum Gasteiger partial charge on any atom is 0.0622 e. The average molecular weight is 410 g/mol. The normalized spacial score (nSPS) is 14.2. The van der Waals surface area contributed by atoms with Gasteiger partial charge in [-0.1, -0.05) is 105 Å². The maximum atomic E-state index is 2.50. The van der Waals surface area contributed by atoms with Crippen LogP contribution in [0.15, 0.2) is 103 Å². The first kappa shape index (κ1) is 17.8. The zero-order valence-corrected chi connectivity index (χ0v) is 18.3. The number of hydrogen-bond donors (Lipinski definition) is 0. The first-order valence-electron chi connectivity index (χ1n) is 11.3. The lowest BCUT2D eigenvalue weighted by atomic mass is 9.82. The van der Waals surface area contributed by atoms with E-state index >= 15 is 0 Å². The molecule has 1 aliphatic carbocycles. The topological polar surface area (TPSA) is 4.93 Å². The van der Waals surface area contributed by atoms with Crippen LogP contribution in [0.25, 0.3) is 49.4 Å². The monoisotopic (exact) mass is 409 g/mol. The van der Waals surface area contributed by atoms with Gasteiger partial charge >= 0.3 is 0 Å². The Balaban J connectivity index is 1.75. The van der Waals surface area contributed by atoms with Gasteiger partial charge in [-0.05, 0) is 34.2 Å². The van der Waals surface area contributed by atoms with Crippen molar-refractivity contribution in [1.29, 1.82) is 0 Å². The van der Waals surface area contributed by atoms with Crippen molar-refractivity contribution < 1.29 is 0 Å². The molecule has 0 atom stereocenters. The van der Waals surface area contributed by atoms with Crippen molar-refractivity contribution in [2.24, 2.45) is 0 Å². The van der Waals surface area contributed by atoms with E-state index in [0.717, 1.165) is 0 Å². The molecule has 0 saturated heterocycles. The third-order valence-electron chi connectivity index (χ3n) is 7.39. The summed E-state index contributed by atoms with van der Waals surface area (Å²) in [5.74, 6) is 0. The molecule has 1 heteroatoms. The van der Waals surface area contributed by atoms with Gasteiger partial charge in [-0.25, -0.2) is 0 Å². The van der Waals surface area contributed by atoms with Crippen molar-refractivity contribution in [1.82, 2.24) is 4.57 Å². The molecule has 0 bridgehead atoms. The van der Waals surface area contributed by atoms with Gasteiger partial charge in [0, 0.05) is 27.1 Å². The van der Waals surface area contributed by atoms with Crippen LogP contribution in [-0.4, -0.2) is 4.57 Å². The van der Waals surface area contributed by atoms with Gasteiger partial charge in [-0.15, -0.1) is 0 Å². The Bertz CT molecular complexity index is 1690. The quantitative estimate of drug-likeness (QED) is 0.258. The fraction of sp³-hybridized carbons (Fsp3) is 0.0968. The lowest BCUT2D eigenvalue weighted by Gasteiger charge is -2.21. The van der Waals surface area contributed by atoms with Crippen molar-refractivity contribution in [3.63, 3.8) is 0 Å². The maximum absolute atomic E-state index is 2.50. The van der Waals surface area contributed by atoms with Crippen molar-refractivity contribution in [2.75, 3.05) is 0 Å². The second-order valence-corrected chi connectivity index (χ2v) is 9.41. The van der Waals surface area contributed by atoms with E-state index in [-0.39, 0.29) is 5.41 Å². The van der Waals surface area contributed by atoms with Crippen molar-refractivity contribution in [2.45, 2.75) is 19.3 Å². The van der Waals surface area contributed by atoms with Crippen LogP contribution < -0.4 is 0 Å². The van der Waals surface area contributed by atoms with Gasteiger partial charge in [0.05, 0.1) is 16.7 Å². The van der Waals surface area contributed by atoms with Crippen LogP contribution in [0.4, 0.5) is 0 Å². The van der Waals surface area contributed by atoms with Gasteiger partial charge < -0.3 is 4.57 Å². The van der Waals surface area contributed by atoms with E-state index in [1.165, 1.54) is 60.5 Å². The summed E-state index contributed by atoms with van der Waals surface area (Å²) >= 11 is 0. The van der Waals surface area contributed by atoms with Gasteiger partial charge in [-0.2, -0.15) is 0 Å². The molecule has 32 heavy (non-hydrogen) atoms. The van der Waals surface area contributed by atoms with Crippen molar-refractivity contribution >= 4 is 32.6 Å². The smallest absolute Gasteiger partial charge is 0.0622 e. The largest absolute Gasteiger partial charge is 0.308 e. The predicted octanol–water partition coefficient (Wildman–Crippen LogP) is 8.24. The van der Waals surface area contributed by atoms with E-state index < -0.39 is 0 Å². The molecule has 0 aliphatic heterocycles. The lowest BCUT2D eigenvalue weighted by Crippen LogP contribution is -2.14. The molecule has 0 radical (unpaired) electrons. The third-order valence-corrected chi connectivity index (χ3v) is 7.39. The minimum Gasteiger partial charge on any atom is -0.308 e. The first-order chi connectivity index (χ1) is 15.7. The Morgan fingerprint density at radius 2 is 1.28 bits per heavy atom. The highest BCUT2D eigenvalue weighted by Gasteiger charge is 2.37. The molecule has 1 nitrogen and oxygen atoms in total. The van der Waals surface area contributed by atoms with Crippen LogP contribution in [-0.2, 0) is 5.41 Å². The van der Waals surface area contributed by atoms with Gasteiger partial charge in [0.1, 0.15) is 0 Å². The molecule has 7 rings (SSSR count). The first-order valence-corrected chi connectivity index (χ1v) is 11.3. The molecule has 1 heterocycles. The number of hydrogen-bond acceptors (Lipinski definition) is 0. The van der Waals surface area contributed by atoms with Crippen LogP contribution in [0.2, 0.25) is 0 Å². The standard InChI is InChI=1S/C31H23N/c1-31(2)25-15-7-5-14-24(25)29-26(31)19-18-23-22-13-6-8-16-28(22)32(30(23)29)27-17-9-11-20-10-3-4-12-21(20)27/h3-19H,1-2H3. The SMILES string of the molecule is CC1(C)c2ccccc2-c2c1ccc1c3ccccc3n(-c3cccc4ccccc34)c21. The van der Waals surface area contributed by atoms with Crippen LogP contribution >= 0.6 is 0 Å². The zero-order chi connectivity index (χ0) is 21.4. The minimum atomic E-state index is -0.0137. The highest BCUT2D eigenvalue weighted by Crippen LogP contribution is 2.52. The number of fused-ring (bicyclic) bond motifs is 8. The van der Waals surface area contributed by atoms with Crippen molar-refractivity contribution in [3.05, 3.63) is 114 Å². The third kappa shape index (κ3) is 2.13. The molecule has 0 amide bonds. The molecule has 1 aromatic heterocycles. The number of rotatable bonds is 1. The Morgan fingerprint density at radius 1 is 0.562 bits per heavy atom. The molecular formula is C31H23N. The van der Waals surface area contributed by atoms with Crippen LogP contribution in [0.3, 0.4) is 0 Å². The Kier molecular flexibility index (Phi) is 3.40. The summed E-state index contributed by atoms with van der Waals surface area (Å²) in [7, 11) is 0. The molecule has 6 aromatic rings. The zero-order valence-electron chi connectivity index (χ0n) is 18.3. The van der Waals surface area contributed by atoms with Crippen LogP contribution in [0.1, 0.15) is 25.0 Å². The average Bonchev–Trinajstić information content (AvgIpc) is 3.29. The molecule has 5 aromatic carbocycles. The number of benzene rings is 5. The van der Waals surface area contributed by atoms with Gasteiger partial charge in [0.15, 0.2) is 0 Å². The van der Waals surface area contributed by atoms with E-state index in [2.05, 4.69) is 122 Å². The highest BCUT2D eigenvalue weighted by atomic mass is 15.0. The Hall–Kier alpha value is -3.84. The summed E-state index contributed by atoms with van der Waals surface area (Å²) in [5.41, 5.74) is 9.37. The molecule has 0 spiro atoms.